The zero-order valence-corrected chi connectivity index (χ0v) is 12.7. The monoisotopic (exact) mass is 279 g/mol. The van der Waals surface area contributed by atoms with Crippen molar-refractivity contribution in [3.8, 4) is 11.5 Å². The van der Waals surface area contributed by atoms with Crippen LogP contribution in [0.2, 0.25) is 0 Å². The lowest BCUT2D eigenvalue weighted by atomic mass is 9.77. The van der Waals surface area contributed by atoms with Crippen molar-refractivity contribution < 1.29 is 14.2 Å². The van der Waals surface area contributed by atoms with Gasteiger partial charge in [0, 0.05) is 18.2 Å². The Hall–Kier alpha value is -1.26. The highest BCUT2D eigenvalue weighted by Gasteiger charge is 2.31. The van der Waals surface area contributed by atoms with Crippen LogP contribution in [0.25, 0.3) is 0 Å². The minimum absolute atomic E-state index is 0.250. The molecule has 1 aromatic rings. The summed E-state index contributed by atoms with van der Waals surface area (Å²) in [4.78, 5) is 0. The third-order valence-corrected chi connectivity index (χ3v) is 4.18. The Balaban J connectivity index is 2.45. The molecule has 20 heavy (non-hydrogen) atoms. The van der Waals surface area contributed by atoms with Crippen LogP contribution in [-0.4, -0.2) is 21.3 Å². The van der Waals surface area contributed by atoms with Crippen LogP contribution in [0.4, 0.5) is 0 Å². The first-order chi connectivity index (χ1) is 9.64. The molecule has 0 aromatic heterocycles. The van der Waals surface area contributed by atoms with Gasteiger partial charge >= 0.3 is 0 Å². The van der Waals surface area contributed by atoms with Crippen molar-refractivity contribution >= 4 is 0 Å². The van der Waals surface area contributed by atoms with Crippen molar-refractivity contribution in [2.75, 3.05) is 21.3 Å². The van der Waals surface area contributed by atoms with Crippen molar-refractivity contribution in [2.24, 2.45) is 5.73 Å². The van der Waals surface area contributed by atoms with Crippen LogP contribution in [0.1, 0.15) is 43.2 Å². The first-order valence-corrected chi connectivity index (χ1v) is 7.18. The quantitative estimate of drug-likeness (QED) is 0.900. The lowest BCUT2D eigenvalue weighted by molar-refractivity contribution is 0.180. The summed E-state index contributed by atoms with van der Waals surface area (Å²) in [7, 11) is 4.98. The van der Waals surface area contributed by atoms with E-state index in [4.69, 9.17) is 19.9 Å². The van der Waals surface area contributed by atoms with E-state index in [1.807, 2.05) is 6.07 Å². The molecule has 0 amide bonds. The van der Waals surface area contributed by atoms with Gasteiger partial charge in [-0.15, -0.1) is 0 Å². The number of nitrogens with two attached hydrogens (primary N) is 1. The Morgan fingerprint density at radius 2 is 1.75 bits per heavy atom. The van der Waals surface area contributed by atoms with Gasteiger partial charge in [0.05, 0.1) is 20.8 Å². The van der Waals surface area contributed by atoms with Crippen molar-refractivity contribution in [1.82, 2.24) is 0 Å². The maximum Gasteiger partial charge on any atom is 0.166 e. The van der Waals surface area contributed by atoms with E-state index in [9.17, 15) is 0 Å². The summed E-state index contributed by atoms with van der Waals surface area (Å²) in [5.74, 6) is 1.46. The van der Waals surface area contributed by atoms with E-state index in [-0.39, 0.29) is 5.54 Å². The molecule has 0 atom stereocenters. The molecule has 2 N–H and O–H groups in total. The third kappa shape index (κ3) is 2.91. The van der Waals surface area contributed by atoms with Gasteiger partial charge in [-0.05, 0) is 30.5 Å². The SMILES string of the molecule is COCc1cc(C2(N)CCCCC2)cc(OC)c1OC. The van der Waals surface area contributed by atoms with Crippen LogP contribution in [0.3, 0.4) is 0 Å². The van der Waals surface area contributed by atoms with E-state index in [1.54, 1.807) is 21.3 Å². The Morgan fingerprint density at radius 1 is 1.05 bits per heavy atom. The number of benzene rings is 1. The van der Waals surface area contributed by atoms with E-state index >= 15 is 0 Å². The fraction of sp³-hybridized carbons (Fsp3) is 0.625. The molecule has 1 aliphatic carbocycles. The standard InChI is InChI=1S/C16H25NO3/c1-18-11-12-9-13(10-14(19-2)15(12)20-3)16(17)7-5-4-6-8-16/h9-10H,4-8,11,17H2,1-3H3. The average Bonchev–Trinajstić information content (AvgIpc) is 2.47. The largest absolute Gasteiger partial charge is 0.493 e. The smallest absolute Gasteiger partial charge is 0.166 e. The number of hydrogen-bond acceptors (Lipinski definition) is 4. The van der Waals surface area contributed by atoms with Crippen LogP contribution in [-0.2, 0) is 16.9 Å². The highest BCUT2D eigenvalue weighted by atomic mass is 16.5. The van der Waals surface area contributed by atoms with Crippen LogP contribution >= 0.6 is 0 Å². The van der Waals surface area contributed by atoms with E-state index in [0.717, 1.165) is 35.5 Å². The minimum Gasteiger partial charge on any atom is -0.493 e. The predicted octanol–water partition coefficient (Wildman–Crippen LogP) is 2.97. The fourth-order valence-corrected chi connectivity index (χ4v) is 3.06. The highest BCUT2D eigenvalue weighted by Crippen LogP contribution is 2.40. The second kappa shape index (κ2) is 6.46. The van der Waals surface area contributed by atoms with Crippen LogP contribution < -0.4 is 15.2 Å². The zero-order valence-electron chi connectivity index (χ0n) is 12.7. The Bertz CT molecular complexity index is 453. The Morgan fingerprint density at radius 3 is 2.30 bits per heavy atom. The maximum atomic E-state index is 6.62. The molecular weight excluding hydrogens is 254 g/mol. The minimum atomic E-state index is -0.250. The number of rotatable bonds is 5. The summed E-state index contributed by atoms with van der Waals surface area (Å²) in [6.07, 6.45) is 5.69. The molecule has 0 heterocycles. The topological polar surface area (TPSA) is 53.7 Å². The summed E-state index contributed by atoms with van der Waals surface area (Å²) in [5, 5.41) is 0. The molecule has 1 aromatic carbocycles. The molecule has 1 fully saturated rings. The second-order valence-corrected chi connectivity index (χ2v) is 5.52. The molecule has 0 saturated heterocycles. The van der Waals surface area contributed by atoms with Crippen LogP contribution in [0, 0.1) is 0 Å². The highest BCUT2D eigenvalue weighted by molar-refractivity contribution is 5.51. The van der Waals surface area contributed by atoms with Gasteiger partial charge in [-0.2, -0.15) is 0 Å². The van der Waals surface area contributed by atoms with Gasteiger partial charge in [0.25, 0.3) is 0 Å². The van der Waals surface area contributed by atoms with E-state index in [1.165, 1.54) is 19.3 Å². The molecule has 0 unspecified atom stereocenters. The molecule has 0 aliphatic heterocycles. The summed E-state index contributed by atoms with van der Waals surface area (Å²) < 4.78 is 16.2. The van der Waals surface area contributed by atoms with Crippen molar-refractivity contribution in [3.05, 3.63) is 23.3 Å². The zero-order chi connectivity index (χ0) is 14.6. The summed E-state index contributed by atoms with van der Waals surface area (Å²) in [5.41, 5.74) is 8.49. The van der Waals surface area contributed by atoms with E-state index in [0.29, 0.717) is 6.61 Å². The van der Waals surface area contributed by atoms with Crippen molar-refractivity contribution in [2.45, 2.75) is 44.2 Å². The van der Waals surface area contributed by atoms with E-state index in [2.05, 4.69) is 6.07 Å². The van der Waals surface area contributed by atoms with Gasteiger partial charge in [-0.1, -0.05) is 19.3 Å². The van der Waals surface area contributed by atoms with Gasteiger partial charge in [0.1, 0.15) is 0 Å². The second-order valence-electron chi connectivity index (χ2n) is 5.52. The molecule has 0 spiro atoms. The van der Waals surface area contributed by atoms with Gasteiger partial charge in [0.2, 0.25) is 0 Å². The first-order valence-electron chi connectivity index (χ1n) is 7.18. The van der Waals surface area contributed by atoms with Gasteiger partial charge in [-0.3, -0.25) is 0 Å². The molecule has 4 nitrogen and oxygen atoms in total. The van der Waals surface area contributed by atoms with Crippen molar-refractivity contribution in [3.63, 3.8) is 0 Å². The summed E-state index contributed by atoms with van der Waals surface area (Å²) in [6.45, 7) is 0.490. The first kappa shape index (κ1) is 15.1. The molecular formula is C16H25NO3. The Kier molecular flexibility index (Phi) is 4.89. The van der Waals surface area contributed by atoms with Crippen LogP contribution in [0.15, 0.2) is 12.1 Å². The number of ether oxygens (including phenoxy) is 3. The lowest BCUT2D eigenvalue weighted by Crippen LogP contribution is -2.38. The van der Waals surface area contributed by atoms with Crippen LogP contribution in [0.5, 0.6) is 11.5 Å². The predicted molar refractivity (Wildman–Crippen MR) is 79.2 cm³/mol. The van der Waals surface area contributed by atoms with E-state index < -0.39 is 0 Å². The van der Waals surface area contributed by atoms with Gasteiger partial charge < -0.3 is 19.9 Å². The fourth-order valence-electron chi connectivity index (χ4n) is 3.06. The third-order valence-electron chi connectivity index (χ3n) is 4.18. The molecule has 0 bridgehead atoms. The lowest BCUT2D eigenvalue weighted by Gasteiger charge is -2.34. The number of methoxy groups -OCH3 is 3. The van der Waals surface area contributed by atoms with Gasteiger partial charge in [0.15, 0.2) is 11.5 Å². The molecule has 2 rings (SSSR count). The molecule has 1 saturated carbocycles. The molecule has 1 aliphatic rings. The maximum absolute atomic E-state index is 6.62. The summed E-state index contributed by atoms with van der Waals surface area (Å²) >= 11 is 0. The normalized spacial score (nSPS) is 17.8. The van der Waals surface area contributed by atoms with Crippen molar-refractivity contribution in [1.29, 1.82) is 0 Å². The Labute approximate surface area is 121 Å². The molecule has 112 valence electrons. The summed E-state index contributed by atoms with van der Waals surface area (Å²) in [6, 6.07) is 4.12. The van der Waals surface area contributed by atoms with Gasteiger partial charge in [-0.25, -0.2) is 0 Å². The molecule has 0 radical (unpaired) electrons. The molecule has 4 heteroatoms. The average molecular weight is 279 g/mol. The number of hydrogen-bond donors (Lipinski definition) is 1.